The lowest BCUT2D eigenvalue weighted by atomic mass is 9.83. The highest BCUT2D eigenvalue weighted by Crippen LogP contribution is 2.41. The van der Waals surface area contributed by atoms with E-state index in [-0.39, 0.29) is 6.10 Å². The fourth-order valence-electron chi connectivity index (χ4n) is 3.20. The maximum Gasteiger partial charge on any atom is 0.0545 e. The quantitative estimate of drug-likeness (QED) is 0.558. The van der Waals surface area contributed by atoms with Gasteiger partial charge in [-0.15, -0.1) is 0 Å². The minimum absolute atomic E-state index is 0.00551. The summed E-state index contributed by atoms with van der Waals surface area (Å²) in [4.78, 5) is 0. The van der Waals surface area contributed by atoms with E-state index < -0.39 is 0 Å². The highest BCUT2D eigenvalue weighted by Gasteiger charge is 2.33. The molecule has 0 aliphatic heterocycles. The molecule has 0 heterocycles. The van der Waals surface area contributed by atoms with Crippen molar-refractivity contribution < 1.29 is 5.11 Å². The van der Waals surface area contributed by atoms with Crippen molar-refractivity contribution in [3.8, 4) is 0 Å². The van der Waals surface area contributed by atoms with E-state index in [0.717, 1.165) is 12.8 Å². The molecule has 1 aliphatic carbocycles. The fourth-order valence-corrected chi connectivity index (χ4v) is 3.20. The molecule has 0 saturated heterocycles. The Morgan fingerprint density at radius 2 is 1.59 bits per heavy atom. The Morgan fingerprint density at radius 1 is 1.00 bits per heavy atom. The second-order valence-electron chi connectivity index (χ2n) is 6.43. The lowest BCUT2D eigenvalue weighted by Gasteiger charge is -2.23. The molecule has 1 heteroatoms. The second-order valence-corrected chi connectivity index (χ2v) is 6.43. The highest BCUT2D eigenvalue weighted by molar-refractivity contribution is 4.85. The summed E-state index contributed by atoms with van der Waals surface area (Å²) < 4.78 is 0. The zero-order valence-corrected chi connectivity index (χ0v) is 12.0. The number of hydrogen-bond acceptors (Lipinski definition) is 1. The van der Waals surface area contributed by atoms with Crippen LogP contribution in [0.2, 0.25) is 0 Å². The Balaban J connectivity index is 1.90. The Kier molecular flexibility index (Phi) is 7.18. The molecule has 0 amide bonds. The number of hydrogen-bond donors (Lipinski definition) is 1. The summed E-state index contributed by atoms with van der Waals surface area (Å²) in [5.41, 5.74) is 0.460. The number of aliphatic hydroxyl groups is 1. The monoisotopic (exact) mass is 240 g/mol. The van der Waals surface area contributed by atoms with E-state index in [9.17, 15) is 5.11 Å². The second kappa shape index (κ2) is 8.13. The molecule has 102 valence electrons. The van der Waals surface area contributed by atoms with Crippen LogP contribution in [0.25, 0.3) is 0 Å². The zero-order chi connectivity index (χ0) is 12.6. The normalized spacial score (nSPS) is 28.8. The minimum atomic E-state index is -0.00551. The molecule has 0 aromatic heterocycles. The van der Waals surface area contributed by atoms with Gasteiger partial charge in [0.25, 0.3) is 0 Å². The topological polar surface area (TPSA) is 20.2 Å². The maximum absolute atomic E-state index is 9.59. The summed E-state index contributed by atoms with van der Waals surface area (Å²) in [7, 11) is 0. The lowest BCUT2D eigenvalue weighted by molar-refractivity contribution is 0.159. The van der Waals surface area contributed by atoms with Crippen molar-refractivity contribution in [2.45, 2.75) is 97.0 Å². The molecule has 0 aromatic carbocycles. The van der Waals surface area contributed by atoms with Crippen molar-refractivity contribution in [1.82, 2.24) is 0 Å². The summed E-state index contributed by atoms with van der Waals surface area (Å²) in [6, 6.07) is 0. The third-order valence-electron chi connectivity index (χ3n) is 4.44. The predicted octanol–water partition coefficient (Wildman–Crippen LogP) is 5.07. The van der Waals surface area contributed by atoms with Crippen molar-refractivity contribution in [1.29, 1.82) is 0 Å². The van der Waals surface area contributed by atoms with Gasteiger partial charge in [0.1, 0.15) is 0 Å². The van der Waals surface area contributed by atoms with Gasteiger partial charge >= 0.3 is 0 Å². The zero-order valence-electron chi connectivity index (χ0n) is 12.0. The van der Waals surface area contributed by atoms with E-state index in [4.69, 9.17) is 0 Å². The molecule has 17 heavy (non-hydrogen) atoms. The highest BCUT2D eigenvalue weighted by atomic mass is 16.3. The van der Waals surface area contributed by atoms with Gasteiger partial charge in [-0.3, -0.25) is 0 Å². The Hall–Kier alpha value is -0.0400. The largest absolute Gasteiger partial charge is 0.393 e. The van der Waals surface area contributed by atoms with E-state index in [1.54, 1.807) is 0 Å². The first-order valence-corrected chi connectivity index (χ1v) is 7.84. The van der Waals surface area contributed by atoms with E-state index in [0.29, 0.717) is 5.41 Å². The van der Waals surface area contributed by atoms with Gasteiger partial charge in [-0.2, -0.15) is 0 Å². The molecule has 1 rings (SSSR count). The molecule has 1 aliphatic rings. The smallest absolute Gasteiger partial charge is 0.0545 e. The lowest BCUT2D eigenvalue weighted by Crippen LogP contribution is -2.13. The van der Waals surface area contributed by atoms with Crippen LogP contribution in [0.3, 0.4) is 0 Å². The predicted molar refractivity (Wildman–Crippen MR) is 75.2 cm³/mol. The Bertz CT molecular complexity index is 190. The SMILES string of the molecule is CCCCCCCCCCC1(C)CCC(O)C1. The van der Waals surface area contributed by atoms with Crippen LogP contribution in [0, 0.1) is 5.41 Å². The van der Waals surface area contributed by atoms with Crippen molar-refractivity contribution in [2.24, 2.45) is 5.41 Å². The van der Waals surface area contributed by atoms with Crippen molar-refractivity contribution in [2.75, 3.05) is 0 Å². The van der Waals surface area contributed by atoms with Crippen LogP contribution in [-0.2, 0) is 0 Å². The summed E-state index contributed by atoms with van der Waals surface area (Å²) in [6.45, 7) is 4.64. The molecule has 1 fully saturated rings. The summed E-state index contributed by atoms with van der Waals surface area (Å²) >= 11 is 0. The van der Waals surface area contributed by atoms with Crippen LogP contribution in [0.5, 0.6) is 0 Å². The van der Waals surface area contributed by atoms with Crippen LogP contribution < -0.4 is 0 Å². The van der Waals surface area contributed by atoms with Gasteiger partial charge < -0.3 is 5.11 Å². The van der Waals surface area contributed by atoms with Crippen LogP contribution in [0.1, 0.15) is 90.9 Å². The van der Waals surface area contributed by atoms with E-state index >= 15 is 0 Å². The molecular weight excluding hydrogens is 208 g/mol. The molecule has 0 radical (unpaired) electrons. The molecule has 1 N–H and O–H groups in total. The molecule has 0 aromatic rings. The van der Waals surface area contributed by atoms with Crippen LogP contribution >= 0.6 is 0 Å². The average molecular weight is 240 g/mol. The maximum atomic E-state index is 9.59. The van der Waals surface area contributed by atoms with E-state index in [1.165, 1.54) is 64.2 Å². The molecule has 1 nitrogen and oxygen atoms in total. The van der Waals surface area contributed by atoms with Crippen molar-refractivity contribution in [3.05, 3.63) is 0 Å². The van der Waals surface area contributed by atoms with Gasteiger partial charge in [0, 0.05) is 0 Å². The molecule has 2 atom stereocenters. The van der Waals surface area contributed by atoms with E-state index in [1.807, 2.05) is 0 Å². The third-order valence-corrected chi connectivity index (χ3v) is 4.44. The van der Waals surface area contributed by atoms with Crippen LogP contribution in [-0.4, -0.2) is 11.2 Å². The molecule has 0 spiro atoms. The standard InChI is InChI=1S/C16H32O/c1-3-4-5-6-7-8-9-10-12-16(2)13-11-15(17)14-16/h15,17H,3-14H2,1-2H3. The number of unbranched alkanes of at least 4 members (excludes halogenated alkanes) is 7. The third kappa shape index (κ3) is 6.45. The molecule has 2 unspecified atom stereocenters. The molecule has 1 saturated carbocycles. The summed E-state index contributed by atoms with van der Waals surface area (Å²) in [5.74, 6) is 0. The summed E-state index contributed by atoms with van der Waals surface area (Å²) in [5, 5.41) is 9.59. The van der Waals surface area contributed by atoms with Gasteiger partial charge in [0.15, 0.2) is 0 Å². The fraction of sp³-hybridized carbons (Fsp3) is 1.00. The van der Waals surface area contributed by atoms with Gasteiger partial charge in [0.2, 0.25) is 0 Å². The Morgan fingerprint density at radius 3 is 2.12 bits per heavy atom. The summed E-state index contributed by atoms with van der Waals surface area (Å²) in [6.07, 6.45) is 15.9. The van der Waals surface area contributed by atoms with Gasteiger partial charge in [0.05, 0.1) is 6.10 Å². The van der Waals surface area contributed by atoms with E-state index in [2.05, 4.69) is 13.8 Å². The first-order valence-electron chi connectivity index (χ1n) is 7.84. The van der Waals surface area contributed by atoms with Gasteiger partial charge in [-0.05, 0) is 31.1 Å². The molecular formula is C16H32O. The Labute approximate surface area is 108 Å². The minimum Gasteiger partial charge on any atom is -0.393 e. The number of aliphatic hydroxyl groups excluding tert-OH is 1. The van der Waals surface area contributed by atoms with Gasteiger partial charge in [-0.1, -0.05) is 65.2 Å². The van der Waals surface area contributed by atoms with Crippen LogP contribution in [0.4, 0.5) is 0 Å². The van der Waals surface area contributed by atoms with Crippen molar-refractivity contribution in [3.63, 3.8) is 0 Å². The number of rotatable bonds is 9. The van der Waals surface area contributed by atoms with Crippen LogP contribution in [0.15, 0.2) is 0 Å². The van der Waals surface area contributed by atoms with Crippen molar-refractivity contribution >= 4 is 0 Å². The molecule has 0 bridgehead atoms. The first kappa shape index (κ1) is 15.0. The first-order chi connectivity index (χ1) is 8.16. The average Bonchev–Trinajstić information content (AvgIpc) is 2.63. The van der Waals surface area contributed by atoms with Gasteiger partial charge in [-0.25, -0.2) is 0 Å².